The normalized spacial score (nSPS) is 25.9. The largest absolute Gasteiger partial charge is 0.480 e. The lowest BCUT2D eigenvalue weighted by Crippen LogP contribution is -2.42. The van der Waals surface area contributed by atoms with Crippen LogP contribution >= 0.6 is 7.75 Å². The van der Waals surface area contributed by atoms with Gasteiger partial charge in [0.2, 0.25) is 5.95 Å². The Morgan fingerprint density at radius 3 is 2.74 bits per heavy atom. The van der Waals surface area contributed by atoms with E-state index in [1.807, 2.05) is 23.1 Å². The minimum absolute atomic E-state index is 0.0179. The minimum atomic E-state index is -4.44. The fourth-order valence-electron chi connectivity index (χ4n) is 5.15. The van der Waals surface area contributed by atoms with Crippen LogP contribution < -0.4 is 20.2 Å². The number of aromatic nitrogens is 4. The molecule has 2 aliphatic heterocycles. The minimum Gasteiger partial charge on any atom is -0.480 e. The number of carboxylic acids is 1. The fourth-order valence-corrected chi connectivity index (χ4v) is 6.68. The van der Waals surface area contributed by atoms with Crippen molar-refractivity contribution in [3.8, 4) is 5.75 Å². The van der Waals surface area contributed by atoms with E-state index in [0.29, 0.717) is 16.7 Å². The van der Waals surface area contributed by atoms with Crippen LogP contribution in [0.25, 0.3) is 21.9 Å². The molecule has 6 atom stereocenters. The Morgan fingerprint density at radius 2 is 2.02 bits per heavy atom. The van der Waals surface area contributed by atoms with Gasteiger partial charge in [-0.15, -0.1) is 0 Å². The van der Waals surface area contributed by atoms with Crippen molar-refractivity contribution in [3.05, 3.63) is 48.8 Å². The van der Waals surface area contributed by atoms with E-state index in [2.05, 4.69) is 20.0 Å². The van der Waals surface area contributed by atoms with Crippen LogP contribution in [0.5, 0.6) is 5.75 Å². The highest BCUT2D eigenvalue weighted by molar-refractivity contribution is 7.52. The summed E-state index contributed by atoms with van der Waals surface area (Å²) in [7, 11) is -4.44. The maximum Gasteiger partial charge on any atom is 0.459 e. The van der Waals surface area contributed by atoms with E-state index in [0.717, 1.165) is 24.9 Å². The Bertz CT molecular complexity index is 1730. The van der Waals surface area contributed by atoms with Crippen LogP contribution in [0.15, 0.2) is 48.8 Å². The number of benzene rings is 2. The number of carboxylic acid groups (broad SMARTS) is 1. The van der Waals surface area contributed by atoms with Crippen molar-refractivity contribution in [2.45, 2.75) is 50.4 Å². The summed E-state index contributed by atoms with van der Waals surface area (Å²) in [5, 5.41) is 24.5. The molecule has 3 unspecified atom stereocenters. The molecule has 43 heavy (non-hydrogen) atoms. The van der Waals surface area contributed by atoms with Gasteiger partial charge in [0.05, 0.1) is 12.9 Å². The molecule has 2 aromatic heterocycles. The lowest BCUT2D eigenvalue weighted by Gasteiger charge is -2.32. The van der Waals surface area contributed by atoms with Gasteiger partial charge in [0, 0.05) is 18.5 Å². The van der Waals surface area contributed by atoms with E-state index in [4.69, 9.17) is 19.5 Å². The van der Waals surface area contributed by atoms with Crippen LogP contribution in [0.1, 0.15) is 26.5 Å². The number of fused-ring (bicyclic) bond motifs is 2. The van der Waals surface area contributed by atoms with Gasteiger partial charge in [-0.25, -0.2) is 13.9 Å². The number of aliphatic carboxylic acids is 1. The van der Waals surface area contributed by atoms with Crippen LogP contribution in [0.3, 0.4) is 0 Å². The lowest BCUT2D eigenvalue weighted by atomic mass is 9.98. The third-order valence-corrected chi connectivity index (χ3v) is 9.25. The molecular weight excluding hydrogens is 584 g/mol. The van der Waals surface area contributed by atoms with Gasteiger partial charge in [0.1, 0.15) is 23.5 Å². The van der Waals surface area contributed by atoms with Gasteiger partial charge in [-0.05, 0) is 31.7 Å². The number of hydrogen-bond acceptors (Lipinski definition) is 11. The van der Waals surface area contributed by atoms with Crippen molar-refractivity contribution < 1.29 is 37.7 Å². The predicted molar refractivity (Wildman–Crippen MR) is 154 cm³/mol. The van der Waals surface area contributed by atoms with E-state index in [9.17, 15) is 19.6 Å². The molecule has 0 aliphatic carbocycles. The Kier molecular flexibility index (Phi) is 7.47. The SMILES string of the molecule is CC(NP(=O)(OC[C@H]1OC(n2cnc3c(N4CCC4)nc(N)nc32)[C@](C)(O)[C@@H]1F)Oc1cccc2ccccc12)C(=O)O. The molecule has 2 saturated heterocycles. The van der Waals surface area contributed by atoms with E-state index in [1.54, 1.807) is 24.3 Å². The molecule has 16 heteroatoms. The van der Waals surface area contributed by atoms with Gasteiger partial charge in [-0.3, -0.25) is 13.9 Å². The Hall–Kier alpha value is -3.88. The monoisotopic (exact) mass is 615 g/mol. The summed E-state index contributed by atoms with van der Waals surface area (Å²) in [5.41, 5.74) is 4.53. The molecule has 14 nitrogen and oxygen atoms in total. The van der Waals surface area contributed by atoms with Crippen molar-refractivity contribution in [1.82, 2.24) is 24.6 Å². The summed E-state index contributed by atoms with van der Waals surface area (Å²) in [6.45, 7) is 3.42. The first-order valence-corrected chi connectivity index (χ1v) is 15.2. The molecule has 2 fully saturated rings. The first-order chi connectivity index (χ1) is 20.5. The maximum atomic E-state index is 15.8. The highest BCUT2D eigenvalue weighted by Gasteiger charge is 2.55. The van der Waals surface area contributed by atoms with E-state index >= 15 is 4.39 Å². The standard InChI is InChI=1S/C27H31FN7O7P/c1-15(24(36)37)33-43(39,42-18-10-5-8-16-7-3-4-9-17(16)18)40-13-19-21(28)27(2,38)25(41-19)35-14-30-20-22(34-11-6-12-34)31-26(29)32-23(20)35/h3-5,7-10,14-15,19,21,25,38H,6,11-13H2,1-2H3,(H,33,39)(H,36,37)(H2,29,31,32)/t15?,19-,21-,25?,27-,43?/m1/s1. The predicted octanol–water partition coefficient (Wildman–Crippen LogP) is 3.02. The van der Waals surface area contributed by atoms with Gasteiger partial charge in [0.15, 0.2) is 29.4 Å². The van der Waals surface area contributed by atoms with Crippen molar-refractivity contribution in [1.29, 1.82) is 0 Å². The molecule has 228 valence electrons. The summed E-state index contributed by atoms with van der Waals surface area (Å²) in [6, 6.07) is 10.9. The number of imidazole rings is 1. The first kappa shape index (κ1) is 29.2. The average molecular weight is 616 g/mol. The van der Waals surface area contributed by atoms with Crippen LogP contribution in [0.2, 0.25) is 0 Å². The summed E-state index contributed by atoms with van der Waals surface area (Å²) in [6.07, 6.45) is -2.41. The number of anilines is 2. The van der Waals surface area contributed by atoms with E-state index in [-0.39, 0.29) is 17.3 Å². The molecule has 4 aromatic rings. The number of rotatable bonds is 10. The average Bonchev–Trinajstić information content (AvgIpc) is 3.44. The molecule has 4 heterocycles. The highest BCUT2D eigenvalue weighted by atomic mass is 31.2. The zero-order valence-electron chi connectivity index (χ0n) is 23.3. The van der Waals surface area contributed by atoms with Crippen LogP contribution in [-0.4, -0.2) is 79.3 Å². The maximum absolute atomic E-state index is 15.8. The van der Waals surface area contributed by atoms with Crippen LogP contribution in [0, 0.1) is 0 Å². The Balaban J connectivity index is 1.26. The molecule has 0 saturated carbocycles. The van der Waals surface area contributed by atoms with Gasteiger partial charge < -0.3 is 30.1 Å². The summed E-state index contributed by atoms with van der Waals surface area (Å²) < 4.78 is 48.4. The molecule has 0 radical (unpaired) electrons. The number of nitrogens with one attached hydrogen (secondary N) is 1. The fraction of sp³-hybridized carbons (Fsp3) is 0.407. The lowest BCUT2D eigenvalue weighted by molar-refractivity contribution is -0.138. The third kappa shape index (κ3) is 5.38. The van der Waals surface area contributed by atoms with Gasteiger partial charge in [-0.2, -0.15) is 15.1 Å². The second-order valence-corrected chi connectivity index (χ2v) is 12.5. The number of nitrogen functional groups attached to an aromatic ring is 1. The molecule has 5 N–H and O–H groups in total. The molecule has 0 bridgehead atoms. The molecular formula is C27H31FN7O7P. The first-order valence-electron chi connectivity index (χ1n) is 13.7. The topological polar surface area (TPSA) is 187 Å². The zero-order chi connectivity index (χ0) is 30.5. The van der Waals surface area contributed by atoms with Crippen molar-refractivity contribution in [2.75, 3.05) is 30.3 Å². The number of hydrogen-bond donors (Lipinski definition) is 4. The smallest absolute Gasteiger partial charge is 0.459 e. The second kappa shape index (κ2) is 11.0. The van der Waals surface area contributed by atoms with Crippen LogP contribution in [-0.2, 0) is 18.6 Å². The van der Waals surface area contributed by atoms with Crippen molar-refractivity contribution in [2.24, 2.45) is 0 Å². The van der Waals surface area contributed by atoms with Crippen molar-refractivity contribution >= 4 is 47.4 Å². The van der Waals surface area contributed by atoms with Gasteiger partial charge in [-0.1, -0.05) is 36.4 Å². The second-order valence-electron chi connectivity index (χ2n) is 10.8. The van der Waals surface area contributed by atoms with Crippen molar-refractivity contribution in [3.63, 3.8) is 0 Å². The number of halogens is 1. The molecule has 2 aromatic carbocycles. The van der Waals surface area contributed by atoms with E-state index in [1.165, 1.54) is 24.7 Å². The zero-order valence-corrected chi connectivity index (χ0v) is 24.2. The quantitative estimate of drug-likeness (QED) is 0.191. The Labute approximate surface area is 245 Å². The number of carbonyl (C=O) groups is 1. The Morgan fingerprint density at radius 1 is 1.28 bits per heavy atom. The van der Waals surface area contributed by atoms with E-state index < -0.39 is 50.5 Å². The summed E-state index contributed by atoms with van der Waals surface area (Å²) in [4.78, 5) is 26.5. The number of alkyl halides is 1. The number of nitrogens with zero attached hydrogens (tertiary/aromatic N) is 5. The van der Waals surface area contributed by atoms with Gasteiger partial charge >= 0.3 is 13.7 Å². The number of nitrogens with two attached hydrogens (primary N) is 1. The van der Waals surface area contributed by atoms with Gasteiger partial charge in [0.25, 0.3) is 0 Å². The number of aliphatic hydroxyl groups is 1. The molecule has 0 spiro atoms. The summed E-state index contributed by atoms with van der Waals surface area (Å²) >= 11 is 0. The molecule has 6 rings (SSSR count). The highest BCUT2D eigenvalue weighted by Crippen LogP contribution is 2.49. The summed E-state index contributed by atoms with van der Waals surface area (Å²) in [5.74, 6) is -0.622. The third-order valence-electron chi connectivity index (χ3n) is 7.62. The molecule has 0 amide bonds. The number of ether oxygens (including phenoxy) is 1. The van der Waals surface area contributed by atoms with Crippen LogP contribution in [0.4, 0.5) is 16.2 Å². The molecule has 2 aliphatic rings.